The summed E-state index contributed by atoms with van der Waals surface area (Å²) in [7, 11) is 1.78. The number of nitrogens with one attached hydrogen (secondary N) is 1. The molecule has 0 saturated carbocycles. The van der Waals surface area contributed by atoms with Crippen LogP contribution < -0.4 is 5.32 Å². The fraction of sp³-hybridized carbons (Fsp3) is 0.364. The molecule has 0 bridgehead atoms. The SMILES string of the molecule is Cn1nnnc1SCCNC(=O)CSc1ccncc1. The number of rotatable bonds is 7. The minimum absolute atomic E-state index is 0.0171. The van der Waals surface area contributed by atoms with Gasteiger partial charge in [-0.15, -0.1) is 16.9 Å². The van der Waals surface area contributed by atoms with Crippen LogP contribution in [0.1, 0.15) is 0 Å². The van der Waals surface area contributed by atoms with E-state index in [2.05, 4.69) is 25.8 Å². The number of pyridine rings is 1. The van der Waals surface area contributed by atoms with Crippen LogP contribution in [0.3, 0.4) is 0 Å². The van der Waals surface area contributed by atoms with Gasteiger partial charge in [-0.2, -0.15) is 0 Å². The highest BCUT2D eigenvalue weighted by molar-refractivity contribution is 8.00. The van der Waals surface area contributed by atoms with Gasteiger partial charge in [-0.1, -0.05) is 11.8 Å². The van der Waals surface area contributed by atoms with Crippen molar-refractivity contribution >= 4 is 29.4 Å². The molecule has 0 saturated heterocycles. The van der Waals surface area contributed by atoms with Crippen LogP contribution in [0.4, 0.5) is 0 Å². The summed E-state index contributed by atoms with van der Waals surface area (Å²) < 4.78 is 1.60. The number of carbonyl (C=O) groups excluding carboxylic acids is 1. The van der Waals surface area contributed by atoms with Crippen molar-refractivity contribution in [3.8, 4) is 0 Å². The molecule has 2 aromatic heterocycles. The summed E-state index contributed by atoms with van der Waals surface area (Å²) in [6, 6.07) is 3.77. The molecule has 1 N–H and O–H groups in total. The fourth-order valence-corrected chi connectivity index (χ4v) is 2.73. The molecule has 106 valence electrons. The van der Waals surface area contributed by atoms with Crippen molar-refractivity contribution in [3.63, 3.8) is 0 Å². The monoisotopic (exact) mass is 310 g/mol. The summed E-state index contributed by atoms with van der Waals surface area (Å²) in [5.41, 5.74) is 0. The van der Waals surface area contributed by atoms with Crippen molar-refractivity contribution in [2.24, 2.45) is 7.05 Å². The average molecular weight is 310 g/mol. The Morgan fingerprint density at radius 3 is 2.85 bits per heavy atom. The number of tetrazole rings is 1. The molecule has 0 aromatic carbocycles. The minimum Gasteiger partial charge on any atom is -0.355 e. The molecule has 2 heterocycles. The van der Waals surface area contributed by atoms with Crippen molar-refractivity contribution in [1.29, 1.82) is 0 Å². The lowest BCUT2D eigenvalue weighted by molar-refractivity contribution is -0.118. The van der Waals surface area contributed by atoms with Crippen molar-refractivity contribution in [2.75, 3.05) is 18.1 Å². The van der Waals surface area contributed by atoms with Gasteiger partial charge in [0, 0.05) is 36.6 Å². The maximum atomic E-state index is 11.6. The smallest absolute Gasteiger partial charge is 0.230 e. The first-order chi connectivity index (χ1) is 9.75. The van der Waals surface area contributed by atoms with E-state index in [1.807, 2.05) is 12.1 Å². The highest BCUT2D eigenvalue weighted by Gasteiger charge is 2.04. The van der Waals surface area contributed by atoms with Crippen molar-refractivity contribution < 1.29 is 4.79 Å². The van der Waals surface area contributed by atoms with Crippen LogP contribution in [0, 0.1) is 0 Å². The Morgan fingerprint density at radius 2 is 2.15 bits per heavy atom. The minimum atomic E-state index is 0.0171. The quantitative estimate of drug-likeness (QED) is 0.592. The molecular formula is C11H14N6OS2. The molecule has 0 radical (unpaired) electrons. The van der Waals surface area contributed by atoms with E-state index in [1.54, 1.807) is 24.1 Å². The van der Waals surface area contributed by atoms with Gasteiger partial charge < -0.3 is 5.32 Å². The maximum absolute atomic E-state index is 11.6. The Bertz CT molecular complexity index is 547. The second kappa shape index (κ2) is 7.85. The summed E-state index contributed by atoms with van der Waals surface area (Å²) in [4.78, 5) is 16.6. The third kappa shape index (κ3) is 4.82. The molecule has 2 aromatic rings. The average Bonchev–Trinajstić information content (AvgIpc) is 2.88. The van der Waals surface area contributed by atoms with Crippen LogP contribution in [0.15, 0.2) is 34.6 Å². The predicted molar refractivity (Wildman–Crippen MR) is 77.5 cm³/mol. The van der Waals surface area contributed by atoms with Gasteiger partial charge in [0.05, 0.1) is 5.75 Å². The largest absolute Gasteiger partial charge is 0.355 e. The van der Waals surface area contributed by atoms with Crippen LogP contribution in [0.5, 0.6) is 0 Å². The highest BCUT2D eigenvalue weighted by Crippen LogP contribution is 2.15. The van der Waals surface area contributed by atoms with E-state index in [1.165, 1.54) is 23.5 Å². The van der Waals surface area contributed by atoms with Gasteiger partial charge >= 0.3 is 0 Å². The summed E-state index contributed by atoms with van der Waals surface area (Å²) >= 11 is 3.00. The Kier molecular flexibility index (Phi) is 5.81. The number of aromatic nitrogens is 5. The number of hydrogen-bond acceptors (Lipinski definition) is 7. The zero-order valence-corrected chi connectivity index (χ0v) is 12.5. The molecule has 0 aliphatic carbocycles. The lowest BCUT2D eigenvalue weighted by Gasteiger charge is -2.04. The van der Waals surface area contributed by atoms with Crippen molar-refractivity contribution in [1.82, 2.24) is 30.5 Å². The van der Waals surface area contributed by atoms with Gasteiger partial charge in [0.25, 0.3) is 0 Å². The first kappa shape index (κ1) is 14.8. The normalized spacial score (nSPS) is 10.4. The topological polar surface area (TPSA) is 85.6 Å². The van der Waals surface area contributed by atoms with Gasteiger partial charge in [-0.25, -0.2) is 4.68 Å². The zero-order valence-electron chi connectivity index (χ0n) is 10.9. The predicted octanol–water partition coefficient (Wildman–Crippen LogP) is 0.606. The van der Waals surface area contributed by atoms with E-state index >= 15 is 0 Å². The van der Waals surface area contributed by atoms with E-state index < -0.39 is 0 Å². The lowest BCUT2D eigenvalue weighted by atomic mass is 10.5. The third-order valence-electron chi connectivity index (χ3n) is 2.26. The van der Waals surface area contributed by atoms with Gasteiger partial charge in [-0.3, -0.25) is 9.78 Å². The molecule has 0 atom stereocenters. The molecule has 1 amide bonds. The summed E-state index contributed by atoms with van der Waals surface area (Å²) in [6.45, 7) is 0.591. The number of nitrogens with zero attached hydrogens (tertiary/aromatic N) is 5. The molecule has 7 nitrogen and oxygen atoms in total. The molecular weight excluding hydrogens is 296 g/mol. The van der Waals surface area contributed by atoms with Crippen LogP contribution in [0.25, 0.3) is 0 Å². The summed E-state index contributed by atoms with van der Waals surface area (Å²) in [6.07, 6.45) is 3.43. The number of carbonyl (C=O) groups is 1. The second-order valence-electron chi connectivity index (χ2n) is 3.76. The van der Waals surface area contributed by atoms with E-state index in [0.717, 1.165) is 15.8 Å². The molecule has 0 aliphatic rings. The Morgan fingerprint density at radius 1 is 1.35 bits per heavy atom. The van der Waals surface area contributed by atoms with Crippen LogP contribution in [0.2, 0.25) is 0 Å². The van der Waals surface area contributed by atoms with E-state index in [-0.39, 0.29) is 5.91 Å². The summed E-state index contributed by atoms with van der Waals surface area (Å²) in [5.74, 6) is 1.16. The molecule has 0 spiro atoms. The van der Waals surface area contributed by atoms with Gasteiger partial charge in [0.2, 0.25) is 11.1 Å². The first-order valence-corrected chi connectivity index (χ1v) is 7.87. The third-order valence-corrected chi connectivity index (χ3v) is 4.28. The maximum Gasteiger partial charge on any atom is 0.230 e. The van der Waals surface area contributed by atoms with Gasteiger partial charge in [-0.05, 0) is 22.6 Å². The number of hydrogen-bond donors (Lipinski definition) is 1. The van der Waals surface area contributed by atoms with Crippen molar-refractivity contribution in [2.45, 2.75) is 10.1 Å². The van der Waals surface area contributed by atoms with E-state index in [0.29, 0.717) is 12.3 Å². The van der Waals surface area contributed by atoms with Crippen LogP contribution in [-0.2, 0) is 11.8 Å². The molecule has 9 heteroatoms. The fourth-order valence-electron chi connectivity index (χ4n) is 1.31. The van der Waals surface area contributed by atoms with Crippen LogP contribution >= 0.6 is 23.5 Å². The Labute approximate surface area is 124 Å². The molecule has 0 fully saturated rings. The van der Waals surface area contributed by atoms with E-state index in [9.17, 15) is 4.79 Å². The first-order valence-electron chi connectivity index (χ1n) is 5.90. The van der Waals surface area contributed by atoms with Gasteiger partial charge in [0.1, 0.15) is 0 Å². The molecule has 20 heavy (non-hydrogen) atoms. The van der Waals surface area contributed by atoms with Crippen molar-refractivity contribution in [3.05, 3.63) is 24.5 Å². The molecule has 0 aliphatic heterocycles. The standard InChI is InChI=1S/C11H14N6OS2/c1-17-11(14-15-16-17)19-7-6-13-10(18)8-20-9-2-4-12-5-3-9/h2-5H,6-8H2,1H3,(H,13,18). The van der Waals surface area contributed by atoms with Gasteiger partial charge in [0.15, 0.2) is 0 Å². The molecule has 0 unspecified atom stereocenters. The van der Waals surface area contributed by atoms with Crippen LogP contribution in [-0.4, -0.2) is 49.1 Å². The Balaban J connectivity index is 1.60. The lowest BCUT2D eigenvalue weighted by Crippen LogP contribution is -2.27. The summed E-state index contributed by atoms with van der Waals surface area (Å²) in [5, 5.41) is 14.7. The Hall–Kier alpha value is -1.61. The number of aryl methyl sites for hydroxylation is 1. The highest BCUT2D eigenvalue weighted by atomic mass is 32.2. The number of amides is 1. The second-order valence-corrected chi connectivity index (χ2v) is 5.87. The van der Waals surface area contributed by atoms with E-state index in [4.69, 9.17) is 0 Å². The molecule has 2 rings (SSSR count). The number of thioether (sulfide) groups is 2. The zero-order chi connectivity index (χ0) is 14.2.